The van der Waals surface area contributed by atoms with Crippen molar-refractivity contribution in [2.75, 3.05) is 30.4 Å². The minimum absolute atomic E-state index is 0.00346. The van der Waals surface area contributed by atoms with Crippen molar-refractivity contribution in [1.29, 1.82) is 0 Å². The van der Waals surface area contributed by atoms with Crippen molar-refractivity contribution in [3.8, 4) is 0 Å². The maximum atomic E-state index is 14.4. The maximum Gasteiger partial charge on any atom is 0.356 e. The van der Waals surface area contributed by atoms with Gasteiger partial charge in [-0.15, -0.1) is 0 Å². The number of hydrogen-bond donors (Lipinski definition) is 3. The molecule has 1 aliphatic rings. The molecule has 0 saturated carbocycles. The predicted molar refractivity (Wildman–Crippen MR) is 138 cm³/mol. The summed E-state index contributed by atoms with van der Waals surface area (Å²) in [4.78, 5) is 43.8. The van der Waals surface area contributed by atoms with Crippen LogP contribution in [0.1, 0.15) is 51.7 Å². The van der Waals surface area contributed by atoms with Crippen molar-refractivity contribution in [3.63, 3.8) is 0 Å². The van der Waals surface area contributed by atoms with Crippen LogP contribution in [0.5, 0.6) is 0 Å². The number of imidazole rings is 1. The first-order valence-electron chi connectivity index (χ1n) is 11.6. The van der Waals surface area contributed by atoms with Crippen LogP contribution in [0.2, 0.25) is 5.02 Å². The topological polar surface area (TPSA) is 117 Å². The molecule has 0 atom stereocenters. The fourth-order valence-corrected chi connectivity index (χ4v) is 4.85. The molecule has 1 aliphatic heterocycles. The zero-order chi connectivity index (χ0) is 27.1. The highest BCUT2D eigenvalue weighted by molar-refractivity contribution is 6.31. The molecule has 4 rings (SSSR count). The van der Waals surface area contributed by atoms with Crippen LogP contribution in [0.15, 0.2) is 42.6 Å². The number of nitrogens with one attached hydrogen (secondary N) is 2. The fraction of sp³-hybridized carbons (Fsp3) is 0.308. The Morgan fingerprint density at radius 3 is 2.46 bits per heavy atom. The SMILES string of the molecule is CNC(=O)c1cc(Cl)c(F)cc1NC(=O)C1(c2ccccc2C(C)C)CN(c2nc(C(=O)O)cn2C)C1. The second-order valence-electron chi connectivity index (χ2n) is 9.37. The van der Waals surface area contributed by atoms with Gasteiger partial charge < -0.3 is 25.2 Å². The molecule has 0 bridgehead atoms. The highest BCUT2D eigenvalue weighted by atomic mass is 35.5. The molecule has 0 spiro atoms. The van der Waals surface area contributed by atoms with E-state index in [1.165, 1.54) is 19.3 Å². The number of carbonyl (C=O) groups excluding carboxylic acids is 2. The highest BCUT2D eigenvalue weighted by Crippen LogP contribution is 2.42. The van der Waals surface area contributed by atoms with E-state index in [9.17, 15) is 23.9 Å². The molecule has 0 unspecified atom stereocenters. The molecule has 0 radical (unpaired) electrons. The molecule has 1 saturated heterocycles. The number of aromatic nitrogens is 2. The van der Waals surface area contributed by atoms with Crippen molar-refractivity contribution < 1.29 is 23.9 Å². The van der Waals surface area contributed by atoms with Gasteiger partial charge in [-0.3, -0.25) is 9.59 Å². The van der Waals surface area contributed by atoms with Gasteiger partial charge in [-0.2, -0.15) is 0 Å². The number of carboxylic acids is 1. The molecule has 3 aromatic rings. The number of carboxylic acid groups (broad SMARTS) is 1. The number of carbonyl (C=O) groups is 3. The summed E-state index contributed by atoms with van der Waals surface area (Å²) in [5, 5.41) is 14.3. The number of halogens is 2. The molecule has 3 N–H and O–H groups in total. The molecule has 2 heterocycles. The van der Waals surface area contributed by atoms with Crippen molar-refractivity contribution in [3.05, 3.63) is 75.8 Å². The van der Waals surface area contributed by atoms with Crippen LogP contribution >= 0.6 is 11.6 Å². The second kappa shape index (κ2) is 9.85. The molecule has 194 valence electrons. The highest BCUT2D eigenvalue weighted by Gasteiger charge is 2.53. The Hall–Kier alpha value is -3.92. The second-order valence-corrected chi connectivity index (χ2v) is 9.77. The molecule has 9 nitrogen and oxygen atoms in total. The minimum atomic E-state index is -1.15. The van der Waals surface area contributed by atoms with E-state index < -0.39 is 29.0 Å². The first-order valence-corrected chi connectivity index (χ1v) is 12.0. The van der Waals surface area contributed by atoms with Gasteiger partial charge in [0, 0.05) is 33.4 Å². The molecule has 1 aromatic heterocycles. The standard InChI is InChI=1S/C26H27ClFN5O4/c1-14(2)15-7-5-6-8-17(15)26(12-33(13-26)25-31-21(23(35)36)11-32(25)4)24(37)30-20-10-19(28)18(27)9-16(20)22(34)29-3/h5-11,14H,12-13H2,1-4H3,(H,29,34)(H,30,37)(H,35,36). The molecule has 11 heteroatoms. The number of aromatic carboxylic acids is 1. The molecule has 37 heavy (non-hydrogen) atoms. The monoisotopic (exact) mass is 527 g/mol. The number of aryl methyl sites for hydroxylation is 1. The third-order valence-electron chi connectivity index (χ3n) is 6.59. The van der Waals surface area contributed by atoms with E-state index in [1.54, 1.807) is 11.6 Å². The van der Waals surface area contributed by atoms with Gasteiger partial charge in [0.25, 0.3) is 5.91 Å². The number of benzene rings is 2. The summed E-state index contributed by atoms with van der Waals surface area (Å²) in [6, 6.07) is 9.79. The summed E-state index contributed by atoms with van der Waals surface area (Å²) >= 11 is 5.90. The van der Waals surface area contributed by atoms with Crippen molar-refractivity contribution in [1.82, 2.24) is 14.9 Å². The molecule has 2 amide bonds. The summed E-state index contributed by atoms with van der Waals surface area (Å²) in [6.45, 7) is 4.43. The average molecular weight is 528 g/mol. The van der Waals surface area contributed by atoms with Crippen molar-refractivity contribution >= 4 is 41.0 Å². The van der Waals surface area contributed by atoms with E-state index >= 15 is 0 Å². The van der Waals surface area contributed by atoms with Gasteiger partial charge in [0.2, 0.25) is 11.9 Å². The van der Waals surface area contributed by atoms with E-state index in [2.05, 4.69) is 15.6 Å². The smallest absolute Gasteiger partial charge is 0.356 e. The van der Waals surface area contributed by atoms with Gasteiger partial charge in [0.15, 0.2) is 5.69 Å². The van der Waals surface area contributed by atoms with E-state index in [1.807, 2.05) is 43.0 Å². The summed E-state index contributed by atoms with van der Waals surface area (Å²) in [7, 11) is 3.11. The lowest BCUT2D eigenvalue weighted by atomic mass is 9.69. The Bertz CT molecular complexity index is 1400. The minimum Gasteiger partial charge on any atom is -0.476 e. The van der Waals surface area contributed by atoms with Crippen LogP contribution in [0.25, 0.3) is 0 Å². The number of rotatable bonds is 7. The van der Waals surface area contributed by atoms with Gasteiger partial charge in [-0.1, -0.05) is 49.7 Å². The van der Waals surface area contributed by atoms with Gasteiger partial charge in [-0.05, 0) is 29.2 Å². The van der Waals surface area contributed by atoms with E-state index in [0.29, 0.717) is 5.95 Å². The lowest BCUT2D eigenvalue weighted by molar-refractivity contribution is -0.122. The number of anilines is 2. The lowest BCUT2D eigenvalue weighted by Gasteiger charge is -2.50. The van der Waals surface area contributed by atoms with Crippen LogP contribution in [0.4, 0.5) is 16.0 Å². The van der Waals surface area contributed by atoms with E-state index in [4.69, 9.17) is 11.6 Å². The zero-order valence-electron chi connectivity index (χ0n) is 20.8. The lowest BCUT2D eigenvalue weighted by Crippen LogP contribution is -2.66. The van der Waals surface area contributed by atoms with Crippen LogP contribution in [0.3, 0.4) is 0 Å². The summed E-state index contributed by atoms with van der Waals surface area (Å²) < 4.78 is 16.0. The van der Waals surface area contributed by atoms with E-state index in [-0.39, 0.29) is 41.0 Å². The maximum absolute atomic E-state index is 14.4. The van der Waals surface area contributed by atoms with Gasteiger partial charge in [0.1, 0.15) is 11.2 Å². The fourth-order valence-electron chi connectivity index (χ4n) is 4.69. The normalized spacial score (nSPS) is 14.3. The predicted octanol–water partition coefficient (Wildman–Crippen LogP) is 3.79. The summed E-state index contributed by atoms with van der Waals surface area (Å²) in [5.41, 5.74) is 0.609. The van der Waals surface area contributed by atoms with Gasteiger partial charge >= 0.3 is 5.97 Å². The van der Waals surface area contributed by atoms with Gasteiger partial charge in [0.05, 0.1) is 16.3 Å². The Labute approximate surface area is 218 Å². The molecular weight excluding hydrogens is 501 g/mol. The van der Waals surface area contributed by atoms with Crippen LogP contribution < -0.4 is 15.5 Å². The first kappa shape index (κ1) is 26.2. The Morgan fingerprint density at radius 1 is 1.19 bits per heavy atom. The number of amides is 2. The first-order chi connectivity index (χ1) is 17.5. The Balaban J connectivity index is 1.77. The third-order valence-corrected chi connectivity index (χ3v) is 6.88. The van der Waals surface area contributed by atoms with Gasteiger partial charge in [-0.25, -0.2) is 14.2 Å². The molecule has 0 aliphatic carbocycles. The van der Waals surface area contributed by atoms with Crippen LogP contribution in [-0.2, 0) is 17.3 Å². The van der Waals surface area contributed by atoms with Crippen molar-refractivity contribution in [2.45, 2.75) is 25.2 Å². The third kappa shape index (κ3) is 4.64. The van der Waals surface area contributed by atoms with E-state index in [0.717, 1.165) is 17.2 Å². The Morgan fingerprint density at radius 2 is 1.86 bits per heavy atom. The van der Waals surface area contributed by atoms with Crippen molar-refractivity contribution in [2.24, 2.45) is 7.05 Å². The van der Waals surface area contributed by atoms with Crippen LogP contribution in [-0.4, -0.2) is 52.6 Å². The Kier molecular flexibility index (Phi) is 6.96. The summed E-state index contributed by atoms with van der Waals surface area (Å²) in [5.74, 6) is -2.37. The molecule has 2 aromatic carbocycles. The number of hydrogen-bond acceptors (Lipinski definition) is 5. The van der Waals surface area contributed by atoms with Crippen LogP contribution in [0, 0.1) is 5.82 Å². The largest absolute Gasteiger partial charge is 0.476 e. The number of nitrogens with zero attached hydrogens (tertiary/aromatic N) is 3. The molecular formula is C26H27ClFN5O4. The zero-order valence-corrected chi connectivity index (χ0v) is 21.6. The summed E-state index contributed by atoms with van der Waals surface area (Å²) in [6.07, 6.45) is 1.41. The molecule has 1 fully saturated rings. The quantitative estimate of drug-likeness (QED) is 0.430. The average Bonchev–Trinajstić information content (AvgIpc) is 3.22.